The molecule has 1 aromatic carbocycles. The van der Waals surface area contributed by atoms with Gasteiger partial charge in [0.05, 0.1) is 12.8 Å². The molecule has 0 aliphatic heterocycles. The summed E-state index contributed by atoms with van der Waals surface area (Å²) in [5, 5.41) is 0. The monoisotopic (exact) mass is 258 g/mol. The van der Waals surface area contributed by atoms with Gasteiger partial charge < -0.3 is 20.2 Å². The second-order valence-corrected chi connectivity index (χ2v) is 3.52. The molecule has 0 aromatic heterocycles. The average molecular weight is 258 g/mol. The number of ether oxygens (including phenoxy) is 1. The number of hydrogen-bond donors (Lipinski definition) is 2. The van der Waals surface area contributed by atoms with E-state index < -0.39 is 10.3 Å². The van der Waals surface area contributed by atoms with E-state index in [2.05, 4.69) is 5.43 Å². The molecule has 1 rings (SSSR count). The van der Waals surface area contributed by atoms with Crippen LogP contribution in [0.2, 0.25) is 0 Å². The van der Waals surface area contributed by atoms with Crippen LogP contribution in [0.25, 0.3) is 0 Å². The van der Waals surface area contributed by atoms with Gasteiger partial charge in [0, 0.05) is 0 Å². The van der Waals surface area contributed by atoms with Crippen LogP contribution in [0, 0.1) is 0 Å². The number of hydrazine groups is 1. The van der Waals surface area contributed by atoms with Gasteiger partial charge in [0.25, 0.3) is 0 Å². The molecule has 86 valence electrons. The molecule has 16 heavy (non-hydrogen) atoms. The molecule has 0 unspecified atom stereocenters. The summed E-state index contributed by atoms with van der Waals surface area (Å²) in [5.41, 5.74) is 2.68. The van der Waals surface area contributed by atoms with Crippen molar-refractivity contribution in [2.75, 3.05) is 12.5 Å². The number of benzene rings is 1. The van der Waals surface area contributed by atoms with E-state index >= 15 is 0 Å². The Labute approximate surface area is 116 Å². The van der Waals surface area contributed by atoms with Gasteiger partial charge in [0.15, 0.2) is 10.3 Å². The van der Waals surface area contributed by atoms with Crippen LogP contribution in [0.4, 0.5) is 5.69 Å². The van der Waals surface area contributed by atoms with E-state index in [0.717, 1.165) is 0 Å². The second-order valence-electron chi connectivity index (χ2n) is 2.41. The fourth-order valence-electron chi connectivity index (χ4n) is 0.796. The van der Waals surface area contributed by atoms with Crippen molar-refractivity contribution >= 4 is 16.0 Å². The van der Waals surface area contributed by atoms with Gasteiger partial charge in [-0.2, -0.15) is 0 Å². The first-order valence-electron chi connectivity index (χ1n) is 3.64. The second kappa shape index (κ2) is 7.85. The molecule has 0 radical (unpaired) electrons. The third-order valence-corrected chi connectivity index (χ3v) is 1.76. The number of methoxy groups -OCH3 is 1. The maximum atomic E-state index is 10.2. The average Bonchev–Trinajstić information content (AvgIpc) is 2.14. The minimum absolute atomic E-state index is 0. The molecule has 1 aromatic rings. The van der Waals surface area contributed by atoms with Crippen LogP contribution < -0.4 is 44.6 Å². The molecule has 0 heterocycles. The van der Waals surface area contributed by atoms with Crippen molar-refractivity contribution < 1.29 is 52.7 Å². The molecule has 0 spiro atoms. The summed E-state index contributed by atoms with van der Waals surface area (Å²) >= 11 is 0. The quantitative estimate of drug-likeness (QED) is 0.326. The minimum atomic E-state index is -4.48. The first-order chi connectivity index (χ1) is 6.51. The smallest absolute Gasteiger partial charge is 0.734 e. The van der Waals surface area contributed by atoms with E-state index in [-0.39, 0.29) is 35.0 Å². The van der Waals surface area contributed by atoms with Gasteiger partial charge in [-0.3, -0.25) is 0 Å². The molecular weight excluding hydrogens is 247 g/mol. The molecule has 0 bridgehead atoms. The van der Waals surface area contributed by atoms with Gasteiger partial charge >= 0.3 is 29.6 Å². The number of nitrogens with one attached hydrogen (secondary N) is 2. The van der Waals surface area contributed by atoms with Gasteiger partial charge in [0.2, 0.25) is 0 Å². The fourth-order valence-corrected chi connectivity index (χ4v) is 1.04. The molecule has 0 aliphatic carbocycles. The Kier molecular flexibility index (Phi) is 8.84. The van der Waals surface area contributed by atoms with Gasteiger partial charge in [-0.05, 0) is 24.3 Å². The Bertz CT molecular complexity index is 394. The van der Waals surface area contributed by atoms with Crippen LogP contribution in [0.1, 0.15) is 0 Å². The van der Waals surface area contributed by atoms with Crippen molar-refractivity contribution in [3.05, 3.63) is 24.3 Å². The third-order valence-electron chi connectivity index (χ3n) is 1.41. The summed E-state index contributed by atoms with van der Waals surface area (Å²) < 4.78 is 35.4. The summed E-state index contributed by atoms with van der Waals surface area (Å²) in [7, 11) is -2.96. The van der Waals surface area contributed by atoms with Crippen molar-refractivity contribution in [2.24, 2.45) is 0 Å². The zero-order valence-electron chi connectivity index (χ0n) is 8.85. The van der Waals surface area contributed by atoms with Crippen LogP contribution in [-0.4, -0.2) is 25.6 Å². The first-order valence-corrected chi connectivity index (χ1v) is 5.05. The number of hydrogen-bond acceptors (Lipinski definition) is 5. The predicted molar refractivity (Wildman–Crippen MR) is 53.1 cm³/mol. The molecule has 0 fully saturated rings. The third kappa shape index (κ3) is 7.01. The van der Waals surface area contributed by atoms with E-state index in [0.29, 0.717) is 11.4 Å². The molecule has 7 nitrogen and oxygen atoms in total. The van der Waals surface area contributed by atoms with E-state index in [4.69, 9.17) is 4.74 Å². The molecule has 4 N–H and O–H groups in total. The zero-order valence-corrected chi connectivity index (χ0v) is 11.7. The first kappa shape index (κ1) is 18.0. The molecule has 0 atom stereocenters. The summed E-state index contributed by atoms with van der Waals surface area (Å²) in [6, 6.07) is 6.39. The van der Waals surface area contributed by atoms with E-state index in [1.807, 2.05) is 0 Å². The Balaban J connectivity index is 0. The summed E-state index contributed by atoms with van der Waals surface area (Å²) in [6.07, 6.45) is 0. The van der Waals surface area contributed by atoms with Gasteiger partial charge in [-0.1, -0.05) is 0 Å². The SMILES string of the molecule is COc1ccc(NNS(=O)(=O)[O-])cc1.O.[Na+]. The normalized spacial score (nSPS) is 9.62. The van der Waals surface area contributed by atoms with Crippen molar-refractivity contribution in [3.8, 4) is 5.75 Å². The molecule has 0 amide bonds. The Hall–Kier alpha value is -0.350. The maximum absolute atomic E-state index is 10.2. The van der Waals surface area contributed by atoms with Gasteiger partial charge in [-0.25, -0.2) is 8.42 Å². The molecule has 0 saturated carbocycles. The summed E-state index contributed by atoms with van der Waals surface area (Å²) in [6.45, 7) is 0. The van der Waals surface area contributed by atoms with Crippen LogP contribution in [-0.2, 0) is 10.3 Å². The topological polar surface area (TPSA) is 122 Å². The Morgan fingerprint density at radius 1 is 1.25 bits per heavy atom. The van der Waals surface area contributed by atoms with Crippen molar-refractivity contribution in [1.29, 1.82) is 0 Å². The molecule has 0 saturated heterocycles. The van der Waals surface area contributed by atoms with E-state index in [9.17, 15) is 13.0 Å². The van der Waals surface area contributed by atoms with Crippen LogP contribution in [0.3, 0.4) is 0 Å². The van der Waals surface area contributed by atoms with Crippen molar-refractivity contribution in [1.82, 2.24) is 4.83 Å². The van der Waals surface area contributed by atoms with Gasteiger partial charge in [0.1, 0.15) is 5.75 Å². The Morgan fingerprint density at radius 2 is 1.75 bits per heavy atom. The van der Waals surface area contributed by atoms with Crippen LogP contribution >= 0.6 is 0 Å². The van der Waals surface area contributed by atoms with E-state index in [1.54, 1.807) is 29.1 Å². The number of anilines is 1. The van der Waals surface area contributed by atoms with Crippen LogP contribution in [0.5, 0.6) is 5.75 Å². The minimum Gasteiger partial charge on any atom is -0.734 e. The summed E-state index contributed by atoms with van der Waals surface area (Å²) in [4.78, 5) is 1.60. The van der Waals surface area contributed by atoms with Crippen molar-refractivity contribution in [2.45, 2.75) is 0 Å². The van der Waals surface area contributed by atoms with Gasteiger partial charge in [-0.15, -0.1) is 4.83 Å². The Morgan fingerprint density at radius 3 is 2.12 bits per heavy atom. The predicted octanol–water partition coefficient (Wildman–Crippen LogP) is -3.75. The molecular formula is C7H11N2NaO5S. The fraction of sp³-hybridized carbons (Fsp3) is 0.143. The van der Waals surface area contributed by atoms with E-state index in [1.165, 1.54) is 7.11 Å². The molecule has 9 heteroatoms. The standard InChI is InChI=1S/C7H10N2O4S.Na.H2O/c1-13-7-4-2-6(3-5-7)8-9-14(10,11)12;;/h2-5,8-9H,1H3,(H,10,11,12);;1H2/q;+1;/p-1. The molecule has 0 aliphatic rings. The summed E-state index contributed by atoms with van der Waals surface area (Å²) in [5.74, 6) is 0.639. The maximum Gasteiger partial charge on any atom is 1.00 e. The largest absolute Gasteiger partial charge is 1.00 e. The van der Waals surface area contributed by atoms with Crippen molar-refractivity contribution in [3.63, 3.8) is 0 Å². The number of rotatable bonds is 4. The zero-order chi connectivity index (χ0) is 10.6. The van der Waals surface area contributed by atoms with Crippen LogP contribution in [0.15, 0.2) is 24.3 Å².